The molecule has 0 saturated carbocycles. The maximum absolute atomic E-state index is 9.45. The quantitative estimate of drug-likeness (QED) is 0.676. The molecule has 24 heavy (non-hydrogen) atoms. The Kier molecular flexibility index (Phi) is 5.41. The summed E-state index contributed by atoms with van der Waals surface area (Å²) in [5.41, 5.74) is 3.93. The van der Waals surface area contributed by atoms with Crippen molar-refractivity contribution in [3.05, 3.63) is 68.3 Å². The largest absolute Gasteiger partial charge is 0.395 e. The van der Waals surface area contributed by atoms with E-state index in [9.17, 15) is 5.11 Å². The van der Waals surface area contributed by atoms with Crippen LogP contribution in [0.25, 0.3) is 11.3 Å². The lowest BCUT2D eigenvalue weighted by Gasteiger charge is -2.08. The number of para-hydroxylation sites is 1. The molecule has 3 nitrogen and oxygen atoms in total. The van der Waals surface area contributed by atoms with Crippen molar-refractivity contribution in [3.63, 3.8) is 0 Å². The summed E-state index contributed by atoms with van der Waals surface area (Å²) in [6.45, 7) is 2.53. The van der Waals surface area contributed by atoms with E-state index in [0.29, 0.717) is 16.6 Å². The van der Waals surface area contributed by atoms with Crippen LogP contribution < -0.4 is 4.80 Å². The summed E-state index contributed by atoms with van der Waals surface area (Å²) in [6.07, 6.45) is 0. The van der Waals surface area contributed by atoms with Gasteiger partial charge in [0.15, 0.2) is 4.80 Å². The predicted molar refractivity (Wildman–Crippen MR) is 101 cm³/mol. The molecule has 124 valence electrons. The lowest BCUT2D eigenvalue weighted by atomic mass is 10.2. The van der Waals surface area contributed by atoms with Gasteiger partial charge in [0, 0.05) is 17.5 Å². The highest BCUT2D eigenvalue weighted by atomic mass is 35.5. The Morgan fingerprint density at radius 3 is 2.62 bits per heavy atom. The van der Waals surface area contributed by atoms with Crippen molar-refractivity contribution < 1.29 is 5.11 Å². The van der Waals surface area contributed by atoms with Crippen LogP contribution in [0.2, 0.25) is 10.0 Å². The van der Waals surface area contributed by atoms with Gasteiger partial charge in [0.05, 0.1) is 28.0 Å². The molecule has 0 atom stereocenters. The van der Waals surface area contributed by atoms with Crippen molar-refractivity contribution in [2.75, 3.05) is 6.61 Å². The van der Waals surface area contributed by atoms with Crippen LogP contribution in [0.5, 0.6) is 0 Å². The van der Waals surface area contributed by atoms with E-state index < -0.39 is 0 Å². The number of halogens is 2. The van der Waals surface area contributed by atoms with Gasteiger partial charge in [0.2, 0.25) is 0 Å². The molecule has 0 unspecified atom stereocenters. The SMILES string of the molecule is Cc1ccccc1N=c1scc(-c2ccc(Cl)c(Cl)c2)n1CCO. The van der Waals surface area contributed by atoms with Crippen LogP contribution in [-0.2, 0) is 6.54 Å². The van der Waals surface area contributed by atoms with Crippen LogP contribution in [0.4, 0.5) is 5.69 Å². The number of thiazole rings is 1. The molecule has 0 saturated heterocycles. The zero-order chi connectivity index (χ0) is 17.1. The number of aryl methyl sites for hydroxylation is 1. The Morgan fingerprint density at radius 1 is 1.12 bits per heavy atom. The maximum Gasteiger partial charge on any atom is 0.190 e. The van der Waals surface area contributed by atoms with Gasteiger partial charge in [-0.25, -0.2) is 4.99 Å². The van der Waals surface area contributed by atoms with Crippen LogP contribution in [0.15, 0.2) is 52.8 Å². The molecule has 0 radical (unpaired) electrons. The van der Waals surface area contributed by atoms with Gasteiger partial charge in [-0.3, -0.25) is 0 Å². The molecule has 2 aromatic carbocycles. The van der Waals surface area contributed by atoms with Gasteiger partial charge < -0.3 is 9.67 Å². The highest BCUT2D eigenvalue weighted by Gasteiger charge is 2.10. The summed E-state index contributed by atoms with van der Waals surface area (Å²) in [5.74, 6) is 0. The van der Waals surface area contributed by atoms with Crippen LogP contribution in [0.3, 0.4) is 0 Å². The maximum atomic E-state index is 9.45. The summed E-state index contributed by atoms with van der Waals surface area (Å²) in [4.78, 5) is 5.59. The molecule has 6 heteroatoms. The highest BCUT2D eigenvalue weighted by Crippen LogP contribution is 2.29. The molecular weight excluding hydrogens is 363 g/mol. The van der Waals surface area contributed by atoms with Crippen LogP contribution in [-0.4, -0.2) is 16.3 Å². The summed E-state index contributed by atoms with van der Waals surface area (Å²) in [6, 6.07) is 13.5. The summed E-state index contributed by atoms with van der Waals surface area (Å²) in [7, 11) is 0. The van der Waals surface area contributed by atoms with Gasteiger partial charge in [0.1, 0.15) is 0 Å². The topological polar surface area (TPSA) is 37.5 Å². The minimum absolute atomic E-state index is 0.0337. The second-order valence-corrected chi connectivity index (χ2v) is 6.96. The Morgan fingerprint density at radius 2 is 1.92 bits per heavy atom. The molecule has 0 aliphatic carbocycles. The Labute approximate surface area is 154 Å². The normalized spacial score (nSPS) is 11.9. The summed E-state index contributed by atoms with van der Waals surface area (Å²) < 4.78 is 2.00. The molecule has 0 amide bonds. The number of hydrogen-bond acceptors (Lipinski definition) is 3. The van der Waals surface area contributed by atoms with E-state index in [2.05, 4.69) is 0 Å². The van der Waals surface area contributed by atoms with E-state index in [0.717, 1.165) is 27.3 Å². The number of hydrogen-bond donors (Lipinski definition) is 1. The molecule has 0 spiro atoms. The first-order valence-corrected chi connectivity index (χ1v) is 9.08. The average Bonchev–Trinajstić information content (AvgIpc) is 2.95. The standard InChI is InChI=1S/C18H16Cl2N2OS/c1-12-4-2-3-5-16(12)21-18-22(8-9-23)17(11-24-18)13-6-7-14(19)15(20)10-13/h2-7,10-11,23H,8-9H2,1H3. The molecule has 1 heterocycles. The van der Waals surface area contributed by atoms with Crippen LogP contribution in [0.1, 0.15) is 5.56 Å². The second kappa shape index (κ2) is 7.53. The predicted octanol–water partition coefficient (Wildman–Crippen LogP) is 5.06. The molecule has 1 aromatic heterocycles. The van der Waals surface area contributed by atoms with Gasteiger partial charge in [-0.05, 0) is 30.7 Å². The van der Waals surface area contributed by atoms with E-state index in [-0.39, 0.29) is 6.61 Å². The smallest absolute Gasteiger partial charge is 0.190 e. The van der Waals surface area contributed by atoms with Gasteiger partial charge >= 0.3 is 0 Å². The number of aliphatic hydroxyl groups excluding tert-OH is 1. The monoisotopic (exact) mass is 378 g/mol. The third kappa shape index (κ3) is 3.57. The van der Waals surface area contributed by atoms with E-state index in [1.54, 1.807) is 6.07 Å². The van der Waals surface area contributed by atoms with Crippen molar-refractivity contribution in [2.45, 2.75) is 13.5 Å². The minimum Gasteiger partial charge on any atom is -0.395 e. The number of rotatable bonds is 4. The van der Waals surface area contributed by atoms with Crippen molar-refractivity contribution in [2.24, 2.45) is 4.99 Å². The number of aliphatic hydroxyl groups is 1. The van der Waals surface area contributed by atoms with Crippen molar-refractivity contribution >= 4 is 40.2 Å². The van der Waals surface area contributed by atoms with Gasteiger partial charge in [0.25, 0.3) is 0 Å². The second-order valence-electron chi connectivity index (χ2n) is 5.31. The van der Waals surface area contributed by atoms with Crippen molar-refractivity contribution in [1.82, 2.24) is 4.57 Å². The van der Waals surface area contributed by atoms with E-state index in [1.165, 1.54) is 11.3 Å². The Bertz CT molecular complexity index is 931. The molecular formula is C18H16Cl2N2OS. The summed E-state index contributed by atoms with van der Waals surface area (Å²) >= 11 is 13.7. The molecule has 3 aromatic rings. The Hall–Kier alpha value is -1.59. The zero-order valence-electron chi connectivity index (χ0n) is 13.0. The molecule has 0 bridgehead atoms. The van der Waals surface area contributed by atoms with Crippen LogP contribution in [0, 0.1) is 6.92 Å². The minimum atomic E-state index is 0.0337. The lowest BCUT2D eigenvalue weighted by Crippen LogP contribution is -2.18. The number of nitrogens with zero attached hydrogens (tertiary/aromatic N) is 2. The zero-order valence-corrected chi connectivity index (χ0v) is 15.4. The first kappa shape index (κ1) is 17.2. The fraction of sp³-hybridized carbons (Fsp3) is 0.167. The van der Waals surface area contributed by atoms with Crippen molar-refractivity contribution in [3.8, 4) is 11.3 Å². The van der Waals surface area contributed by atoms with Crippen molar-refractivity contribution in [1.29, 1.82) is 0 Å². The molecule has 3 rings (SSSR count). The number of benzene rings is 2. The average molecular weight is 379 g/mol. The van der Waals surface area contributed by atoms with Gasteiger partial charge in [-0.15, -0.1) is 11.3 Å². The number of aromatic nitrogens is 1. The molecule has 0 fully saturated rings. The fourth-order valence-electron chi connectivity index (χ4n) is 2.41. The molecule has 0 aliphatic rings. The highest BCUT2D eigenvalue weighted by molar-refractivity contribution is 7.07. The van der Waals surface area contributed by atoms with Gasteiger partial charge in [-0.1, -0.05) is 47.5 Å². The first-order chi connectivity index (χ1) is 11.6. The van der Waals surface area contributed by atoms with E-state index in [1.807, 2.05) is 53.3 Å². The fourth-order valence-corrected chi connectivity index (χ4v) is 3.66. The molecule has 0 aliphatic heterocycles. The Balaban J connectivity index is 2.14. The summed E-state index contributed by atoms with van der Waals surface area (Å²) in [5, 5.41) is 12.5. The third-order valence-electron chi connectivity index (χ3n) is 3.67. The van der Waals surface area contributed by atoms with Gasteiger partial charge in [-0.2, -0.15) is 0 Å². The molecule has 1 N–H and O–H groups in total. The third-order valence-corrected chi connectivity index (χ3v) is 5.27. The lowest BCUT2D eigenvalue weighted by molar-refractivity contribution is 0.275. The van der Waals surface area contributed by atoms with Crippen LogP contribution >= 0.6 is 34.5 Å². The first-order valence-electron chi connectivity index (χ1n) is 7.45. The van der Waals surface area contributed by atoms with E-state index >= 15 is 0 Å². The van der Waals surface area contributed by atoms with E-state index in [4.69, 9.17) is 28.2 Å².